The molecule has 0 unspecified atom stereocenters. The van der Waals surface area contributed by atoms with Crippen molar-refractivity contribution in [1.82, 2.24) is 5.32 Å². The molecule has 2 aromatic carbocycles. The number of ether oxygens (including phenoxy) is 2. The first kappa shape index (κ1) is 22.9. The molecule has 0 amide bonds. The zero-order valence-corrected chi connectivity index (χ0v) is 18.4. The summed E-state index contributed by atoms with van der Waals surface area (Å²) in [6.07, 6.45) is 6.38. The molecule has 0 fully saturated rings. The summed E-state index contributed by atoms with van der Waals surface area (Å²) in [6, 6.07) is 11.5. The molecule has 0 aliphatic carbocycles. The van der Waals surface area contributed by atoms with Gasteiger partial charge in [0.05, 0.1) is 6.61 Å². The molecule has 0 heterocycles. The van der Waals surface area contributed by atoms with E-state index in [4.69, 9.17) is 32.7 Å². The fraction of sp³-hybridized carbons (Fsp3) is 0.478. The Hall–Kier alpha value is -1.42. The summed E-state index contributed by atoms with van der Waals surface area (Å²) in [4.78, 5) is 0. The molecule has 0 saturated carbocycles. The van der Waals surface area contributed by atoms with Crippen molar-refractivity contribution in [1.29, 1.82) is 0 Å². The van der Waals surface area contributed by atoms with Gasteiger partial charge < -0.3 is 14.8 Å². The van der Waals surface area contributed by atoms with Crippen LogP contribution in [0.1, 0.15) is 57.1 Å². The first-order chi connectivity index (χ1) is 13.7. The Balaban J connectivity index is 1.99. The number of halogens is 2. The largest absolute Gasteiger partial charge is 0.490 e. The standard InChI is InChI=1S/C23H31Cl2NO2/c1-3-5-6-7-8-14-26-16-18-10-9-11-22(27-4-2)23(18)28-17-19-12-13-20(24)15-21(19)25/h9-13,15,26H,3-8,14,16-17H2,1-2H3. The van der Waals surface area contributed by atoms with Crippen LogP contribution in [-0.2, 0) is 13.2 Å². The topological polar surface area (TPSA) is 30.5 Å². The van der Waals surface area contributed by atoms with Crippen LogP contribution in [0.5, 0.6) is 11.5 Å². The Bertz CT molecular complexity index is 722. The van der Waals surface area contributed by atoms with Crippen molar-refractivity contribution >= 4 is 23.2 Å². The lowest BCUT2D eigenvalue weighted by molar-refractivity contribution is 0.266. The number of hydrogen-bond acceptors (Lipinski definition) is 3. The van der Waals surface area contributed by atoms with Gasteiger partial charge in [-0.15, -0.1) is 0 Å². The third kappa shape index (κ3) is 7.54. The van der Waals surface area contributed by atoms with Crippen LogP contribution in [0.15, 0.2) is 36.4 Å². The minimum Gasteiger partial charge on any atom is -0.490 e. The molecule has 0 aliphatic rings. The van der Waals surface area contributed by atoms with Gasteiger partial charge in [0.25, 0.3) is 0 Å². The van der Waals surface area contributed by atoms with Crippen LogP contribution in [0.2, 0.25) is 10.0 Å². The molecule has 2 rings (SSSR count). The molecule has 5 heteroatoms. The highest BCUT2D eigenvalue weighted by Gasteiger charge is 2.12. The van der Waals surface area contributed by atoms with Gasteiger partial charge in [0.1, 0.15) is 6.61 Å². The van der Waals surface area contributed by atoms with Crippen molar-refractivity contribution in [3.8, 4) is 11.5 Å². The van der Waals surface area contributed by atoms with E-state index in [1.54, 1.807) is 6.07 Å². The number of benzene rings is 2. The second-order valence-corrected chi connectivity index (χ2v) is 7.64. The van der Waals surface area contributed by atoms with E-state index in [-0.39, 0.29) is 0 Å². The van der Waals surface area contributed by atoms with Crippen molar-refractivity contribution in [2.75, 3.05) is 13.2 Å². The zero-order chi connectivity index (χ0) is 20.2. The molecule has 0 bridgehead atoms. The minimum atomic E-state index is 0.365. The maximum Gasteiger partial charge on any atom is 0.166 e. The predicted molar refractivity (Wildman–Crippen MR) is 119 cm³/mol. The van der Waals surface area contributed by atoms with E-state index in [2.05, 4.69) is 18.3 Å². The smallest absolute Gasteiger partial charge is 0.166 e. The van der Waals surface area contributed by atoms with Gasteiger partial charge in [0, 0.05) is 27.7 Å². The molecule has 0 radical (unpaired) electrons. The van der Waals surface area contributed by atoms with Crippen LogP contribution in [0.4, 0.5) is 0 Å². The Morgan fingerprint density at radius 2 is 1.71 bits per heavy atom. The van der Waals surface area contributed by atoms with Crippen molar-refractivity contribution in [2.24, 2.45) is 0 Å². The van der Waals surface area contributed by atoms with Gasteiger partial charge >= 0.3 is 0 Å². The lowest BCUT2D eigenvalue weighted by Crippen LogP contribution is -2.16. The number of hydrogen-bond donors (Lipinski definition) is 1. The van der Waals surface area contributed by atoms with Crippen LogP contribution in [0, 0.1) is 0 Å². The summed E-state index contributed by atoms with van der Waals surface area (Å²) in [5.74, 6) is 1.53. The fourth-order valence-electron chi connectivity index (χ4n) is 3.00. The summed E-state index contributed by atoms with van der Waals surface area (Å²) in [5, 5.41) is 4.75. The van der Waals surface area contributed by atoms with Gasteiger partial charge in [-0.25, -0.2) is 0 Å². The molecule has 154 valence electrons. The highest BCUT2D eigenvalue weighted by molar-refractivity contribution is 6.35. The summed E-state index contributed by atoms with van der Waals surface area (Å²) in [6.45, 7) is 6.92. The van der Waals surface area contributed by atoms with Crippen molar-refractivity contribution in [3.05, 3.63) is 57.6 Å². The van der Waals surface area contributed by atoms with E-state index in [1.807, 2.05) is 31.2 Å². The van der Waals surface area contributed by atoms with Crippen molar-refractivity contribution < 1.29 is 9.47 Å². The average Bonchev–Trinajstić information content (AvgIpc) is 2.68. The summed E-state index contributed by atoms with van der Waals surface area (Å²) < 4.78 is 11.9. The average molecular weight is 424 g/mol. The molecule has 0 aliphatic heterocycles. The van der Waals surface area contributed by atoms with Crippen molar-refractivity contribution in [3.63, 3.8) is 0 Å². The van der Waals surface area contributed by atoms with Crippen molar-refractivity contribution in [2.45, 2.75) is 59.1 Å². The van der Waals surface area contributed by atoms with E-state index in [0.717, 1.165) is 35.7 Å². The number of para-hydroxylation sites is 1. The summed E-state index contributed by atoms with van der Waals surface area (Å²) in [7, 11) is 0. The Morgan fingerprint density at radius 3 is 2.46 bits per heavy atom. The molecule has 0 saturated heterocycles. The highest BCUT2D eigenvalue weighted by Crippen LogP contribution is 2.33. The monoisotopic (exact) mass is 423 g/mol. The quantitative estimate of drug-likeness (QED) is 0.350. The second-order valence-electron chi connectivity index (χ2n) is 6.79. The molecule has 0 spiro atoms. The minimum absolute atomic E-state index is 0.365. The molecule has 2 aromatic rings. The van der Waals surface area contributed by atoms with Gasteiger partial charge in [0.15, 0.2) is 11.5 Å². The van der Waals surface area contributed by atoms with Crippen LogP contribution < -0.4 is 14.8 Å². The van der Waals surface area contributed by atoms with Gasteiger partial charge in [-0.1, -0.05) is 74.0 Å². The van der Waals surface area contributed by atoms with Gasteiger partial charge in [-0.05, 0) is 38.1 Å². The maximum absolute atomic E-state index is 6.28. The predicted octanol–water partition coefficient (Wildman–Crippen LogP) is 7.03. The first-order valence-corrected chi connectivity index (χ1v) is 10.9. The normalized spacial score (nSPS) is 10.9. The maximum atomic E-state index is 6.28. The molecular formula is C23H31Cl2NO2. The molecule has 3 nitrogen and oxygen atoms in total. The fourth-order valence-corrected chi connectivity index (χ4v) is 3.46. The number of nitrogens with one attached hydrogen (secondary N) is 1. The van der Waals surface area contributed by atoms with Crippen LogP contribution in [0.25, 0.3) is 0 Å². The summed E-state index contributed by atoms with van der Waals surface area (Å²) >= 11 is 12.3. The van der Waals surface area contributed by atoms with Crippen LogP contribution >= 0.6 is 23.2 Å². The van der Waals surface area contributed by atoms with Gasteiger partial charge in [-0.3, -0.25) is 0 Å². The molecule has 1 N–H and O–H groups in total. The Kier molecular flexibility index (Phi) is 10.6. The SMILES string of the molecule is CCCCCCCNCc1cccc(OCC)c1OCc1ccc(Cl)cc1Cl. The lowest BCUT2D eigenvalue weighted by Gasteiger charge is -2.17. The van der Waals surface area contributed by atoms with E-state index in [9.17, 15) is 0 Å². The molecule has 28 heavy (non-hydrogen) atoms. The number of rotatable bonds is 13. The third-order valence-electron chi connectivity index (χ3n) is 4.52. The lowest BCUT2D eigenvalue weighted by atomic mass is 10.1. The summed E-state index contributed by atoms with van der Waals surface area (Å²) in [5.41, 5.74) is 1.98. The highest BCUT2D eigenvalue weighted by atomic mass is 35.5. The molecule has 0 atom stereocenters. The Labute approximate surface area is 179 Å². The second kappa shape index (κ2) is 12.9. The van der Waals surface area contributed by atoms with Crippen LogP contribution in [0.3, 0.4) is 0 Å². The number of unbranched alkanes of at least 4 members (excludes halogenated alkanes) is 4. The van der Waals surface area contributed by atoms with Crippen LogP contribution in [-0.4, -0.2) is 13.2 Å². The molecule has 0 aromatic heterocycles. The van der Waals surface area contributed by atoms with Gasteiger partial charge in [0.2, 0.25) is 0 Å². The molecular weight excluding hydrogens is 393 g/mol. The van der Waals surface area contributed by atoms with Gasteiger partial charge in [-0.2, -0.15) is 0 Å². The van der Waals surface area contributed by atoms with E-state index >= 15 is 0 Å². The Morgan fingerprint density at radius 1 is 0.893 bits per heavy atom. The zero-order valence-electron chi connectivity index (χ0n) is 16.9. The van der Waals surface area contributed by atoms with E-state index in [1.165, 1.54) is 32.1 Å². The van der Waals surface area contributed by atoms with E-state index in [0.29, 0.717) is 23.3 Å². The van der Waals surface area contributed by atoms with E-state index < -0.39 is 0 Å². The third-order valence-corrected chi connectivity index (χ3v) is 5.11. The first-order valence-electron chi connectivity index (χ1n) is 10.2.